The smallest absolute Gasteiger partial charge is 0.202 e. The largest absolute Gasteiger partial charge is 0.469 e. The maximum atomic E-state index is 6.14. The van der Waals surface area contributed by atoms with Gasteiger partial charge in [0.25, 0.3) is 0 Å². The molecule has 1 fully saturated rings. The first-order chi connectivity index (χ1) is 9.34. The van der Waals surface area contributed by atoms with Crippen LogP contribution in [0.4, 0.5) is 0 Å². The Morgan fingerprint density at radius 1 is 1.16 bits per heavy atom. The molecule has 1 aromatic carbocycles. The Balaban J connectivity index is 1.71. The zero-order valence-electron chi connectivity index (χ0n) is 11.5. The summed E-state index contributed by atoms with van der Waals surface area (Å²) in [5.74, 6) is 0.920. The molecule has 2 aliphatic rings. The van der Waals surface area contributed by atoms with Crippen LogP contribution in [0.2, 0.25) is 0 Å². The van der Waals surface area contributed by atoms with Crippen LogP contribution in [0.5, 0.6) is 0 Å². The molecule has 1 aromatic rings. The summed E-state index contributed by atoms with van der Waals surface area (Å²) >= 11 is 0. The highest BCUT2D eigenvalue weighted by Gasteiger charge is 2.32. The van der Waals surface area contributed by atoms with Gasteiger partial charge in [-0.05, 0) is 31.9 Å². The van der Waals surface area contributed by atoms with Crippen LogP contribution in [0, 0.1) is 0 Å². The van der Waals surface area contributed by atoms with Crippen molar-refractivity contribution < 1.29 is 4.74 Å². The van der Waals surface area contributed by atoms with Gasteiger partial charge in [-0.2, -0.15) is 0 Å². The van der Waals surface area contributed by atoms with E-state index in [1.165, 1.54) is 24.8 Å². The lowest BCUT2D eigenvalue weighted by Crippen LogP contribution is -2.36. The molecule has 0 aromatic heterocycles. The topological polar surface area (TPSA) is 33.6 Å². The average molecular weight is 258 g/mol. The van der Waals surface area contributed by atoms with E-state index < -0.39 is 0 Å². The predicted octanol–water partition coefficient (Wildman–Crippen LogP) is 3.08. The second-order valence-corrected chi connectivity index (χ2v) is 5.51. The van der Waals surface area contributed by atoms with Crippen LogP contribution in [0.3, 0.4) is 0 Å². The molecular weight excluding hydrogens is 236 g/mol. The molecule has 0 bridgehead atoms. The van der Waals surface area contributed by atoms with Crippen molar-refractivity contribution in [3.05, 3.63) is 35.9 Å². The SMILES string of the molecule is CC1N=C(C2CCCCCN2)OC1c1ccccc1. The van der Waals surface area contributed by atoms with Crippen molar-refractivity contribution in [2.75, 3.05) is 6.54 Å². The Morgan fingerprint density at radius 3 is 2.84 bits per heavy atom. The molecule has 3 heteroatoms. The molecule has 1 N–H and O–H groups in total. The van der Waals surface area contributed by atoms with Crippen LogP contribution in [0.25, 0.3) is 0 Å². The van der Waals surface area contributed by atoms with Gasteiger partial charge in [0.2, 0.25) is 5.90 Å². The number of hydrogen-bond acceptors (Lipinski definition) is 3. The van der Waals surface area contributed by atoms with E-state index in [2.05, 4.69) is 36.5 Å². The van der Waals surface area contributed by atoms with E-state index >= 15 is 0 Å². The molecule has 2 heterocycles. The standard InChI is InChI=1S/C16H22N2O/c1-12-15(13-8-4-2-5-9-13)19-16(18-12)14-10-6-3-7-11-17-14/h2,4-5,8-9,12,14-15,17H,3,6-7,10-11H2,1H3. The molecule has 0 spiro atoms. The van der Waals surface area contributed by atoms with Crippen molar-refractivity contribution in [2.45, 2.75) is 50.8 Å². The number of rotatable bonds is 2. The monoisotopic (exact) mass is 258 g/mol. The Morgan fingerprint density at radius 2 is 2.00 bits per heavy atom. The van der Waals surface area contributed by atoms with Gasteiger partial charge in [-0.15, -0.1) is 0 Å². The molecular formula is C16H22N2O. The van der Waals surface area contributed by atoms with E-state index in [1.54, 1.807) is 0 Å². The number of benzene rings is 1. The van der Waals surface area contributed by atoms with Crippen LogP contribution in [-0.2, 0) is 4.74 Å². The highest BCUT2D eigenvalue weighted by atomic mass is 16.5. The fraction of sp³-hybridized carbons (Fsp3) is 0.562. The lowest BCUT2D eigenvalue weighted by atomic mass is 10.0. The number of aliphatic imine (C=N–C) groups is 1. The molecule has 0 saturated carbocycles. The maximum absolute atomic E-state index is 6.14. The lowest BCUT2D eigenvalue weighted by Gasteiger charge is -2.19. The zero-order valence-corrected chi connectivity index (χ0v) is 11.5. The Kier molecular flexibility index (Phi) is 3.83. The third kappa shape index (κ3) is 2.81. The van der Waals surface area contributed by atoms with Crippen molar-refractivity contribution in [2.24, 2.45) is 4.99 Å². The summed E-state index contributed by atoms with van der Waals surface area (Å²) < 4.78 is 6.14. The summed E-state index contributed by atoms with van der Waals surface area (Å²) in [7, 11) is 0. The van der Waals surface area contributed by atoms with Gasteiger partial charge < -0.3 is 10.1 Å². The highest BCUT2D eigenvalue weighted by Crippen LogP contribution is 2.30. The van der Waals surface area contributed by atoms with E-state index in [1.807, 2.05) is 6.07 Å². The van der Waals surface area contributed by atoms with E-state index in [9.17, 15) is 0 Å². The minimum atomic E-state index is 0.0845. The molecule has 0 amide bonds. The summed E-state index contributed by atoms with van der Waals surface area (Å²) in [6.45, 7) is 3.22. The van der Waals surface area contributed by atoms with Gasteiger partial charge in [-0.25, -0.2) is 4.99 Å². The summed E-state index contributed by atoms with van der Waals surface area (Å²) in [6, 6.07) is 10.9. The molecule has 0 aliphatic carbocycles. The molecule has 3 rings (SSSR count). The summed E-state index contributed by atoms with van der Waals surface area (Å²) in [4.78, 5) is 4.74. The number of ether oxygens (including phenoxy) is 1. The van der Waals surface area contributed by atoms with Crippen molar-refractivity contribution >= 4 is 5.90 Å². The maximum Gasteiger partial charge on any atom is 0.202 e. The Bertz CT molecular complexity index is 435. The number of nitrogens with zero attached hydrogens (tertiary/aromatic N) is 1. The van der Waals surface area contributed by atoms with Crippen molar-refractivity contribution in [3.63, 3.8) is 0 Å². The minimum Gasteiger partial charge on any atom is -0.469 e. The van der Waals surface area contributed by atoms with Crippen molar-refractivity contribution in [1.82, 2.24) is 5.32 Å². The summed E-state index contributed by atoms with van der Waals surface area (Å²) in [5.41, 5.74) is 1.22. The van der Waals surface area contributed by atoms with Crippen LogP contribution in [-0.4, -0.2) is 24.5 Å². The quantitative estimate of drug-likeness (QED) is 0.884. The fourth-order valence-corrected chi connectivity index (χ4v) is 2.93. The van der Waals surface area contributed by atoms with E-state index in [4.69, 9.17) is 9.73 Å². The highest BCUT2D eigenvalue weighted by molar-refractivity contribution is 5.83. The first-order valence-corrected chi connectivity index (χ1v) is 7.37. The Hall–Kier alpha value is -1.35. The van der Waals surface area contributed by atoms with Gasteiger partial charge in [0.1, 0.15) is 6.10 Å². The third-order valence-corrected chi connectivity index (χ3v) is 4.00. The molecule has 102 valence electrons. The van der Waals surface area contributed by atoms with Crippen molar-refractivity contribution in [1.29, 1.82) is 0 Å². The number of hydrogen-bond donors (Lipinski definition) is 1. The molecule has 0 radical (unpaired) electrons. The summed E-state index contributed by atoms with van der Waals surface area (Å²) in [6.07, 6.45) is 5.08. The number of nitrogens with one attached hydrogen (secondary N) is 1. The van der Waals surface area contributed by atoms with Gasteiger partial charge in [0, 0.05) is 0 Å². The molecule has 1 saturated heterocycles. The first kappa shape index (κ1) is 12.7. The van der Waals surface area contributed by atoms with E-state index in [0.717, 1.165) is 18.9 Å². The second kappa shape index (κ2) is 5.74. The molecule has 3 nitrogen and oxygen atoms in total. The van der Waals surface area contributed by atoms with Gasteiger partial charge in [0.15, 0.2) is 0 Å². The van der Waals surface area contributed by atoms with Crippen LogP contribution >= 0.6 is 0 Å². The van der Waals surface area contributed by atoms with Crippen molar-refractivity contribution in [3.8, 4) is 0 Å². The van der Waals surface area contributed by atoms with E-state index in [0.29, 0.717) is 6.04 Å². The van der Waals surface area contributed by atoms with E-state index in [-0.39, 0.29) is 12.1 Å². The molecule has 3 unspecified atom stereocenters. The summed E-state index contributed by atoms with van der Waals surface area (Å²) in [5, 5.41) is 3.56. The second-order valence-electron chi connectivity index (χ2n) is 5.51. The molecule has 19 heavy (non-hydrogen) atoms. The third-order valence-electron chi connectivity index (χ3n) is 4.00. The first-order valence-electron chi connectivity index (χ1n) is 7.37. The van der Waals surface area contributed by atoms with Crippen LogP contribution < -0.4 is 5.32 Å². The molecule has 2 aliphatic heterocycles. The normalized spacial score (nSPS) is 31.4. The Labute approximate surface area is 115 Å². The minimum absolute atomic E-state index is 0.0845. The van der Waals surface area contributed by atoms with Crippen LogP contribution in [0.15, 0.2) is 35.3 Å². The fourth-order valence-electron chi connectivity index (χ4n) is 2.93. The lowest BCUT2D eigenvalue weighted by molar-refractivity contribution is 0.191. The van der Waals surface area contributed by atoms with Gasteiger partial charge in [-0.3, -0.25) is 0 Å². The van der Waals surface area contributed by atoms with Gasteiger partial charge in [-0.1, -0.05) is 43.2 Å². The molecule has 3 atom stereocenters. The predicted molar refractivity (Wildman–Crippen MR) is 77.4 cm³/mol. The van der Waals surface area contributed by atoms with Gasteiger partial charge >= 0.3 is 0 Å². The van der Waals surface area contributed by atoms with Crippen LogP contribution in [0.1, 0.15) is 44.3 Å². The average Bonchev–Trinajstić information content (AvgIpc) is 2.67. The zero-order chi connectivity index (χ0) is 13.1. The van der Waals surface area contributed by atoms with Gasteiger partial charge in [0.05, 0.1) is 12.1 Å².